The Labute approximate surface area is 130 Å². The lowest BCUT2D eigenvalue weighted by Crippen LogP contribution is -2.38. The summed E-state index contributed by atoms with van der Waals surface area (Å²) in [6.45, 7) is 7.65. The molecule has 0 unspecified atom stereocenters. The lowest BCUT2D eigenvalue weighted by Gasteiger charge is -2.28. The molecule has 1 aliphatic rings. The van der Waals surface area contributed by atoms with Crippen LogP contribution in [0.25, 0.3) is 0 Å². The summed E-state index contributed by atoms with van der Waals surface area (Å²) < 4.78 is 5.36. The Morgan fingerprint density at radius 2 is 2.14 bits per heavy atom. The summed E-state index contributed by atoms with van der Waals surface area (Å²) in [6.07, 6.45) is 2.82. The zero-order valence-corrected chi connectivity index (χ0v) is 13.4. The minimum atomic E-state index is -0.919. The van der Waals surface area contributed by atoms with E-state index >= 15 is 0 Å². The number of pyridine rings is 1. The minimum absolute atomic E-state index is 0.135. The van der Waals surface area contributed by atoms with Crippen molar-refractivity contribution in [3.05, 3.63) is 30.1 Å². The molecule has 1 aromatic rings. The number of carboxylic acid groups (broad SMARTS) is 1. The molecule has 1 N–H and O–H groups in total. The van der Waals surface area contributed by atoms with E-state index in [2.05, 4.69) is 4.98 Å². The summed E-state index contributed by atoms with van der Waals surface area (Å²) >= 11 is 0. The Balaban J connectivity index is 2.28. The van der Waals surface area contributed by atoms with Crippen LogP contribution in [0, 0.1) is 5.92 Å². The fraction of sp³-hybridized carbons (Fsp3) is 0.562. The fourth-order valence-corrected chi connectivity index (χ4v) is 2.80. The number of likely N-dealkylation sites (tertiary alicyclic amines) is 1. The zero-order chi connectivity index (χ0) is 16.5. The van der Waals surface area contributed by atoms with Crippen molar-refractivity contribution in [2.75, 3.05) is 13.1 Å². The second-order valence-electron chi connectivity index (χ2n) is 6.91. The Bertz CT molecular complexity index is 567. The van der Waals surface area contributed by atoms with Crippen molar-refractivity contribution < 1.29 is 19.4 Å². The van der Waals surface area contributed by atoms with Gasteiger partial charge < -0.3 is 14.7 Å². The molecule has 1 aliphatic heterocycles. The van der Waals surface area contributed by atoms with Crippen molar-refractivity contribution in [1.29, 1.82) is 0 Å². The van der Waals surface area contributed by atoms with E-state index in [-0.39, 0.29) is 6.54 Å². The molecule has 0 saturated carbocycles. The van der Waals surface area contributed by atoms with Gasteiger partial charge in [0.2, 0.25) is 0 Å². The van der Waals surface area contributed by atoms with E-state index in [9.17, 15) is 14.7 Å². The summed E-state index contributed by atoms with van der Waals surface area (Å²) in [5, 5.41) is 9.54. The third kappa shape index (κ3) is 3.21. The van der Waals surface area contributed by atoms with Crippen molar-refractivity contribution in [3.8, 4) is 0 Å². The van der Waals surface area contributed by atoms with Gasteiger partial charge in [0, 0.05) is 30.9 Å². The molecule has 1 aromatic heterocycles. The van der Waals surface area contributed by atoms with Gasteiger partial charge >= 0.3 is 12.1 Å². The van der Waals surface area contributed by atoms with Crippen LogP contribution < -0.4 is 0 Å². The molecule has 1 fully saturated rings. The van der Waals surface area contributed by atoms with Crippen LogP contribution in [0.3, 0.4) is 0 Å². The highest BCUT2D eigenvalue weighted by Crippen LogP contribution is 2.39. The summed E-state index contributed by atoms with van der Waals surface area (Å²) in [4.78, 5) is 29.4. The first-order valence-electron chi connectivity index (χ1n) is 7.25. The second kappa shape index (κ2) is 5.59. The molecule has 2 rings (SSSR count). The van der Waals surface area contributed by atoms with Crippen molar-refractivity contribution in [2.24, 2.45) is 5.92 Å². The first-order valence-corrected chi connectivity index (χ1v) is 7.25. The van der Waals surface area contributed by atoms with E-state index in [1.54, 1.807) is 39.2 Å². The van der Waals surface area contributed by atoms with Crippen LogP contribution in [-0.4, -0.2) is 45.7 Å². The molecular weight excluding hydrogens is 284 g/mol. The normalized spacial score (nSPS) is 25.1. The van der Waals surface area contributed by atoms with Crippen LogP contribution in [-0.2, 0) is 14.9 Å². The third-order valence-electron chi connectivity index (χ3n) is 3.96. The largest absolute Gasteiger partial charge is 0.481 e. The fourth-order valence-electron chi connectivity index (χ4n) is 2.80. The molecule has 1 saturated heterocycles. The summed E-state index contributed by atoms with van der Waals surface area (Å²) in [5.41, 5.74) is -0.478. The third-order valence-corrected chi connectivity index (χ3v) is 3.96. The minimum Gasteiger partial charge on any atom is -0.481 e. The number of carboxylic acids is 1. The molecule has 6 nitrogen and oxygen atoms in total. The van der Waals surface area contributed by atoms with E-state index in [0.29, 0.717) is 6.54 Å². The van der Waals surface area contributed by atoms with Crippen LogP contribution >= 0.6 is 0 Å². The van der Waals surface area contributed by atoms with Gasteiger partial charge in [-0.05, 0) is 32.4 Å². The van der Waals surface area contributed by atoms with Crippen molar-refractivity contribution in [3.63, 3.8) is 0 Å². The number of aliphatic carboxylic acids is 1. The van der Waals surface area contributed by atoms with Gasteiger partial charge in [0.1, 0.15) is 5.60 Å². The van der Waals surface area contributed by atoms with Crippen molar-refractivity contribution in [1.82, 2.24) is 9.88 Å². The maximum absolute atomic E-state index is 12.2. The first-order chi connectivity index (χ1) is 10.1. The van der Waals surface area contributed by atoms with Crippen LogP contribution in [0.1, 0.15) is 33.3 Å². The number of aromatic nitrogens is 1. The van der Waals surface area contributed by atoms with Crippen LogP contribution in [0.15, 0.2) is 24.5 Å². The topological polar surface area (TPSA) is 79.7 Å². The SMILES string of the molecule is CC(C)(C)OC(=O)N1C[C@H](C(=O)O)[C@](C)(c2cccnc2)C1. The van der Waals surface area contributed by atoms with Crippen LogP contribution in [0.2, 0.25) is 0 Å². The monoisotopic (exact) mass is 306 g/mol. The number of hydrogen-bond acceptors (Lipinski definition) is 4. The van der Waals surface area contributed by atoms with Gasteiger partial charge in [-0.3, -0.25) is 9.78 Å². The average Bonchev–Trinajstić information content (AvgIpc) is 2.78. The van der Waals surface area contributed by atoms with E-state index in [0.717, 1.165) is 5.56 Å². The van der Waals surface area contributed by atoms with Gasteiger partial charge in [-0.1, -0.05) is 13.0 Å². The van der Waals surface area contributed by atoms with E-state index in [1.807, 2.05) is 13.0 Å². The smallest absolute Gasteiger partial charge is 0.410 e. The van der Waals surface area contributed by atoms with Gasteiger partial charge in [-0.2, -0.15) is 0 Å². The van der Waals surface area contributed by atoms with Gasteiger partial charge in [0.05, 0.1) is 5.92 Å². The lowest BCUT2D eigenvalue weighted by atomic mass is 9.75. The quantitative estimate of drug-likeness (QED) is 0.907. The lowest BCUT2D eigenvalue weighted by molar-refractivity contribution is -0.142. The summed E-state index contributed by atoms with van der Waals surface area (Å²) in [5.74, 6) is -1.61. The highest BCUT2D eigenvalue weighted by Gasteiger charge is 2.50. The number of nitrogens with zero attached hydrogens (tertiary/aromatic N) is 2. The summed E-state index contributed by atoms with van der Waals surface area (Å²) in [7, 11) is 0. The second-order valence-corrected chi connectivity index (χ2v) is 6.91. The Morgan fingerprint density at radius 3 is 2.64 bits per heavy atom. The van der Waals surface area contributed by atoms with Crippen molar-refractivity contribution >= 4 is 12.1 Å². The Kier molecular flexibility index (Phi) is 4.13. The standard InChI is InChI=1S/C16H22N2O4/c1-15(2,3)22-14(21)18-9-12(13(19)20)16(4,10-18)11-6-5-7-17-8-11/h5-8,12H,9-10H2,1-4H3,(H,19,20)/t12-,16+/m1/s1. The predicted octanol–water partition coefficient (Wildman–Crippen LogP) is 2.29. The molecule has 0 aromatic carbocycles. The van der Waals surface area contributed by atoms with E-state index in [1.165, 1.54) is 4.90 Å². The Morgan fingerprint density at radius 1 is 1.45 bits per heavy atom. The molecule has 1 amide bonds. The molecule has 0 spiro atoms. The zero-order valence-electron chi connectivity index (χ0n) is 13.4. The molecule has 22 heavy (non-hydrogen) atoms. The van der Waals surface area contributed by atoms with E-state index in [4.69, 9.17) is 4.74 Å². The number of amides is 1. The van der Waals surface area contributed by atoms with Gasteiger partial charge in [0.25, 0.3) is 0 Å². The van der Waals surface area contributed by atoms with Gasteiger partial charge in [-0.15, -0.1) is 0 Å². The molecule has 2 heterocycles. The van der Waals surface area contributed by atoms with Gasteiger partial charge in [0.15, 0.2) is 0 Å². The van der Waals surface area contributed by atoms with Crippen LogP contribution in [0.5, 0.6) is 0 Å². The molecule has 0 aliphatic carbocycles. The maximum atomic E-state index is 12.2. The molecule has 0 bridgehead atoms. The molecular formula is C16H22N2O4. The number of ether oxygens (including phenoxy) is 1. The number of hydrogen-bond donors (Lipinski definition) is 1. The molecule has 6 heteroatoms. The molecule has 0 radical (unpaired) electrons. The Hall–Kier alpha value is -2.11. The molecule has 2 atom stereocenters. The first kappa shape index (κ1) is 16.3. The molecule has 120 valence electrons. The van der Waals surface area contributed by atoms with E-state index < -0.39 is 29.0 Å². The maximum Gasteiger partial charge on any atom is 0.410 e. The highest BCUT2D eigenvalue weighted by molar-refractivity contribution is 5.77. The average molecular weight is 306 g/mol. The summed E-state index contributed by atoms with van der Waals surface area (Å²) in [6, 6.07) is 3.62. The number of rotatable bonds is 2. The van der Waals surface area contributed by atoms with Crippen LogP contribution in [0.4, 0.5) is 4.79 Å². The predicted molar refractivity (Wildman–Crippen MR) is 80.5 cm³/mol. The van der Waals surface area contributed by atoms with Gasteiger partial charge in [-0.25, -0.2) is 4.79 Å². The van der Waals surface area contributed by atoms with Crippen molar-refractivity contribution in [2.45, 2.75) is 38.7 Å². The highest BCUT2D eigenvalue weighted by atomic mass is 16.6. The number of carbonyl (C=O) groups is 2. The number of carbonyl (C=O) groups excluding carboxylic acids is 1.